The fourth-order valence-corrected chi connectivity index (χ4v) is 15.4. The van der Waals surface area contributed by atoms with E-state index < -0.39 is 122 Å². The van der Waals surface area contributed by atoms with E-state index in [0.717, 1.165) is 54.5 Å². The molecule has 0 fully saturated rings. The summed E-state index contributed by atoms with van der Waals surface area (Å²) in [6.07, 6.45) is 4.55. The number of esters is 3. The maximum atomic E-state index is 13.6. The van der Waals surface area contributed by atoms with Gasteiger partial charge < -0.3 is 42.4 Å². The summed E-state index contributed by atoms with van der Waals surface area (Å²) < 4.78 is 244. The molecule has 822 valence electrons. The van der Waals surface area contributed by atoms with Crippen molar-refractivity contribution in [1.29, 1.82) is 0 Å². The third kappa shape index (κ3) is 44.0. The van der Waals surface area contributed by atoms with E-state index in [1.165, 1.54) is 43.5 Å². The molecule has 0 heterocycles. The largest absolute Gasteiger partial charge is 0.744 e. The van der Waals surface area contributed by atoms with Crippen LogP contribution in [0.4, 0.5) is 43.9 Å². The Morgan fingerprint density at radius 3 is 0.972 bits per heavy atom. The first-order chi connectivity index (χ1) is 62.0. The molecule has 0 radical (unpaired) electrons. The van der Waals surface area contributed by atoms with E-state index in [4.69, 9.17) is 24.4 Å². The minimum absolute atomic E-state index is 0. The molecule has 0 aliphatic rings. The van der Waals surface area contributed by atoms with Gasteiger partial charge in [-0.05, 0) is 222 Å². The lowest BCUT2D eigenvalue weighted by atomic mass is 9.90. The second-order valence-corrected chi connectivity index (χ2v) is 39.5. The van der Waals surface area contributed by atoms with Gasteiger partial charge in [-0.1, -0.05) is 341 Å². The zero-order chi connectivity index (χ0) is 100. The van der Waals surface area contributed by atoms with Gasteiger partial charge in [-0.25, -0.2) is 25.6 Å². The summed E-state index contributed by atoms with van der Waals surface area (Å²) in [5, 5.41) is 4.37. The van der Waals surface area contributed by atoms with Crippen LogP contribution in [0, 0.1) is 45.4 Å². The summed E-state index contributed by atoms with van der Waals surface area (Å²) in [6, 6.07) is 79.5. The van der Waals surface area contributed by atoms with Gasteiger partial charge in [0.25, 0.3) is 0 Å². The fourth-order valence-electron chi connectivity index (χ4n) is 11.2. The van der Waals surface area contributed by atoms with E-state index in [-0.39, 0.29) is 136 Å². The summed E-state index contributed by atoms with van der Waals surface area (Å²) in [5.74, 6) is -17.5. The molecular formula is C113H167F10O18S4-. The third-order valence-corrected chi connectivity index (χ3v) is 27.0. The van der Waals surface area contributed by atoms with Gasteiger partial charge in [0.2, 0.25) is 11.6 Å². The Balaban J connectivity index is -0.000000213. The predicted octanol–water partition coefficient (Wildman–Crippen LogP) is 33.8. The van der Waals surface area contributed by atoms with Gasteiger partial charge in [-0.3, -0.25) is 14.4 Å². The molecule has 0 amide bonds. The molecule has 0 aliphatic carbocycles. The molecule has 10 aromatic carbocycles. The number of hydrogen-bond acceptors (Lipinski definition) is 18. The van der Waals surface area contributed by atoms with Gasteiger partial charge in [0.15, 0.2) is 42.2 Å². The maximum absolute atomic E-state index is 13.6. The monoisotopic (exact) mass is 2130 g/mol. The average molecular weight is 2130 g/mol. The fraction of sp³-hybridized carbons (Fsp3) is 0.442. The smallest absolute Gasteiger partial charge is 0.450 e. The number of benzene rings is 10. The lowest BCUT2D eigenvalue weighted by Crippen LogP contribution is -2.61. The zero-order valence-electron chi connectivity index (χ0n) is 77.6. The molecule has 2 N–H and O–H groups in total. The summed E-state index contributed by atoms with van der Waals surface area (Å²) in [7, 11) is -19.9. The number of phenols is 2. The Labute approximate surface area is 867 Å². The van der Waals surface area contributed by atoms with Crippen molar-refractivity contribution in [3.63, 3.8) is 0 Å². The van der Waals surface area contributed by atoms with Crippen molar-refractivity contribution in [2.45, 2.75) is 318 Å². The van der Waals surface area contributed by atoms with E-state index in [1.807, 2.05) is 140 Å². The van der Waals surface area contributed by atoms with Crippen molar-refractivity contribution in [1.82, 2.24) is 0 Å². The highest BCUT2D eigenvalue weighted by atomic mass is 32.2. The summed E-state index contributed by atoms with van der Waals surface area (Å²) in [4.78, 5) is 37.8. The molecule has 0 saturated carbocycles. The summed E-state index contributed by atoms with van der Waals surface area (Å²) in [6.45, 7) is 33.8. The highest BCUT2D eigenvalue weighted by Gasteiger charge is 2.81. The average Bonchev–Trinajstić information content (AvgIpc) is 0.720. The standard InChI is InChI=1S/C20H24O2.C18H15S.C16H24O2.C14H16F4O6S.C13H14F6O6S2.2C10H14O.12CH4/c1-5-20(3,4)19(21)22-15(2)16-11-13-18(14-12-16)17-9-7-6-8-10-17;1-4-10-16(11-5-1)19(17-12-6-2-7-13-17)18-14-8-3-9-15-18;1-6-16(4,5)15(17)18-14(12(2)3)13-10-8-7-9-11-13;1-4-14(2,3)13(19)24-6-5-23-11-7(15)9(17)12(25(20,21)22)10(18)8(11)16;1-3-8(2)9-4-6-10(7-5-9)25-27(23,24)13(18,19)11(14,15)12(16,17)26(20,21)22;2*1-3-8(2)9-4-6-10(11)7-5-9;;;;;;;;;;;;/h6-15H,5H2,1-4H3;1-15H;7-12,14H,6H2,1-5H3;4-6H2,1-3H3,(H,20,21,22);4-8H,3H2,1-2H3,(H,20,21,22);2*4-8,11H,3H2,1-2H3;12*1H4/q;+1;;;;;;;;;;;;;;;;;/p-2. The number of alkyl halides is 6. The minimum Gasteiger partial charge on any atom is -0.744 e. The maximum Gasteiger partial charge on any atom is 0.450 e. The molecule has 0 saturated heterocycles. The van der Waals surface area contributed by atoms with Crippen LogP contribution in [0.1, 0.15) is 310 Å². The number of carbonyl (C=O) groups excluding carboxylic acids is 3. The van der Waals surface area contributed by atoms with Gasteiger partial charge >= 0.3 is 44.5 Å². The topological polar surface area (TPSA) is 286 Å². The minimum atomic E-state index is -7.33. The van der Waals surface area contributed by atoms with Crippen LogP contribution in [0.3, 0.4) is 0 Å². The van der Waals surface area contributed by atoms with Crippen molar-refractivity contribution in [3.8, 4) is 34.1 Å². The molecule has 0 aromatic heterocycles. The first-order valence-corrected chi connectivity index (χ1v) is 48.3. The Bertz CT molecular complexity index is 5430. The number of aromatic hydroxyl groups is 2. The Hall–Kier alpha value is -10.8. The lowest BCUT2D eigenvalue weighted by Gasteiger charge is -2.32. The number of phenolic OH excluding ortho intramolecular Hbond substituents is 2. The number of carbonyl (C=O) groups is 3. The van der Waals surface area contributed by atoms with Crippen molar-refractivity contribution in [2.75, 3.05) is 13.2 Å². The van der Waals surface area contributed by atoms with E-state index in [0.29, 0.717) is 41.7 Å². The van der Waals surface area contributed by atoms with Crippen molar-refractivity contribution in [3.05, 3.63) is 300 Å². The first-order valence-electron chi connectivity index (χ1n) is 42.9. The van der Waals surface area contributed by atoms with Gasteiger partial charge in [-0.2, -0.15) is 43.5 Å². The molecule has 10 rings (SSSR count). The Kier molecular flexibility index (Phi) is 71.9. The van der Waals surface area contributed by atoms with Crippen molar-refractivity contribution >= 4 is 59.2 Å². The Morgan fingerprint density at radius 2 is 0.662 bits per heavy atom. The van der Waals surface area contributed by atoms with Crippen LogP contribution in [0.15, 0.2) is 268 Å². The highest BCUT2D eigenvalue weighted by molar-refractivity contribution is 7.97. The predicted molar refractivity (Wildman–Crippen MR) is 575 cm³/mol. The quantitative estimate of drug-likeness (QED) is 0.00579. The molecule has 145 heavy (non-hydrogen) atoms. The van der Waals surface area contributed by atoms with Gasteiger partial charge in [0, 0.05) is 0 Å². The SMILES string of the molecule is C.C.C.C.C.C.C.C.C.C.C.C.CCC(C)(C)C(=O)OC(C)c1ccc(-c2ccccc2)cc1.CCC(C)(C)C(=O)OC(c1ccccc1)C(C)C.CCC(C)(C)C(=O)OCCOc1c(F)c(F)c(S(=O)(=O)[O-])c(F)c1F.CCC(C)c1ccc(O)cc1.CCC(C)c1ccc(O)cc1.CCC(C)c1ccc(OS(=O)(=O)C(F)(F)C(F)(F)C(F)(F)S(=O)(=O)[O-])cc1.c1ccc([S+](c2ccccc2)c2ccccc2)cc1. The molecule has 18 nitrogen and oxygen atoms in total. The molecule has 32 heteroatoms. The molecule has 10 aromatic rings. The third-order valence-electron chi connectivity index (χ3n) is 21.8. The lowest BCUT2D eigenvalue weighted by molar-refractivity contribution is -0.247. The number of halogens is 10. The van der Waals surface area contributed by atoms with E-state index in [1.54, 1.807) is 52.0 Å². The second kappa shape index (κ2) is 68.6. The Morgan fingerprint density at radius 1 is 0.366 bits per heavy atom. The molecule has 5 atom stereocenters. The number of ether oxygens (including phenoxy) is 4. The number of rotatable bonds is 32. The van der Waals surface area contributed by atoms with E-state index >= 15 is 0 Å². The van der Waals surface area contributed by atoms with Crippen molar-refractivity contribution in [2.24, 2.45) is 22.2 Å². The summed E-state index contributed by atoms with van der Waals surface area (Å²) >= 11 is 0. The normalized spacial score (nSPS) is 11.9. The molecule has 5 unspecified atom stereocenters. The molecule has 0 aliphatic heterocycles. The van der Waals surface area contributed by atoms with Crippen LogP contribution < -0.4 is 8.92 Å². The van der Waals surface area contributed by atoms with E-state index in [9.17, 15) is 92.6 Å². The van der Waals surface area contributed by atoms with Gasteiger partial charge in [0.05, 0.1) is 27.1 Å². The molecular weight excluding hydrogens is 1960 g/mol. The summed E-state index contributed by atoms with van der Waals surface area (Å²) in [5.41, 5.74) is 5.98. The first kappa shape index (κ1) is 152. The van der Waals surface area contributed by atoms with Crippen LogP contribution in [-0.4, -0.2) is 92.1 Å². The second-order valence-electron chi connectivity index (χ2n) is 33.1. The van der Waals surface area contributed by atoms with Gasteiger partial charge in [-0.15, -0.1) is 0 Å². The zero-order valence-corrected chi connectivity index (χ0v) is 80.9. The van der Waals surface area contributed by atoms with Crippen LogP contribution in [0.2, 0.25) is 0 Å². The van der Waals surface area contributed by atoms with Crippen LogP contribution >= 0.6 is 0 Å². The van der Waals surface area contributed by atoms with Crippen LogP contribution in [0.5, 0.6) is 23.0 Å². The van der Waals surface area contributed by atoms with E-state index in [2.05, 4.69) is 166 Å². The van der Waals surface area contributed by atoms with Gasteiger partial charge in [0.1, 0.15) is 57.7 Å². The number of hydrogen-bond donors (Lipinski definition) is 2. The molecule has 0 bridgehead atoms. The van der Waals surface area contributed by atoms with Crippen LogP contribution in [0.25, 0.3) is 11.1 Å². The highest BCUT2D eigenvalue weighted by Crippen LogP contribution is 2.51. The molecule has 0 spiro atoms. The van der Waals surface area contributed by atoms with Crippen molar-refractivity contribution < 1.29 is 126 Å². The van der Waals surface area contributed by atoms with Crippen LogP contribution in [-0.2, 0) is 69.8 Å².